The first-order chi connectivity index (χ1) is 12.7. The first kappa shape index (κ1) is 17.3. The Bertz CT molecular complexity index is 780. The minimum atomic E-state index is -0.179. The molecule has 0 spiro atoms. The first-order valence-corrected chi connectivity index (χ1v) is 9.50. The summed E-state index contributed by atoms with van der Waals surface area (Å²) in [6.07, 6.45) is 5.22. The van der Waals surface area contributed by atoms with E-state index in [9.17, 15) is 4.79 Å². The lowest BCUT2D eigenvalue weighted by molar-refractivity contribution is -0.133. The van der Waals surface area contributed by atoms with Crippen molar-refractivity contribution in [1.82, 2.24) is 9.91 Å². The van der Waals surface area contributed by atoms with Crippen LogP contribution in [0.25, 0.3) is 0 Å². The normalized spacial score (nSPS) is 20.6. The number of halogens is 1. The maximum absolute atomic E-state index is 12.9. The third-order valence-corrected chi connectivity index (χ3v) is 5.31. The topological polar surface area (TPSA) is 49.1 Å². The highest BCUT2D eigenvalue weighted by Crippen LogP contribution is 2.33. The van der Waals surface area contributed by atoms with Gasteiger partial charge in [0.2, 0.25) is 5.91 Å². The molecule has 1 aromatic heterocycles. The zero-order valence-electron chi connectivity index (χ0n) is 14.6. The Morgan fingerprint density at radius 1 is 1.19 bits per heavy atom. The molecule has 6 heteroatoms. The van der Waals surface area contributed by atoms with Gasteiger partial charge in [0, 0.05) is 24.4 Å². The highest BCUT2D eigenvalue weighted by molar-refractivity contribution is 6.30. The summed E-state index contributed by atoms with van der Waals surface area (Å²) >= 11 is 5.99. The van der Waals surface area contributed by atoms with Crippen molar-refractivity contribution in [3.8, 4) is 0 Å². The van der Waals surface area contributed by atoms with Crippen molar-refractivity contribution in [2.75, 3.05) is 19.6 Å². The van der Waals surface area contributed by atoms with Crippen LogP contribution < -0.4 is 0 Å². The number of amides is 1. The van der Waals surface area contributed by atoms with E-state index in [2.05, 4.69) is 10.0 Å². The molecule has 3 heterocycles. The second-order valence-electron chi connectivity index (χ2n) is 6.83. The van der Waals surface area contributed by atoms with Crippen LogP contribution in [-0.4, -0.2) is 41.2 Å². The van der Waals surface area contributed by atoms with Crippen LogP contribution in [0, 0.1) is 0 Å². The molecule has 2 aliphatic rings. The molecule has 26 heavy (non-hydrogen) atoms. The molecule has 0 aliphatic carbocycles. The van der Waals surface area contributed by atoms with Crippen molar-refractivity contribution >= 4 is 23.2 Å². The number of carbonyl (C=O) groups excluding carboxylic acids is 1. The van der Waals surface area contributed by atoms with Crippen molar-refractivity contribution in [1.29, 1.82) is 0 Å². The van der Waals surface area contributed by atoms with Crippen LogP contribution in [0.1, 0.15) is 43.0 Å². The molecule has 1 atom stereocenters. The Labute approximate surface area is 158 Å². The van der Waals surface area contributed by atoms with Gasteiger partial charge in [-0.15, -0.1) is 0 Å². The van der Waals surface area contributed by atoms with Crippen molar-refractivity contribution in [3.63, 3.8) is 0 Å². The fourth-order valence-corrected chi connectivity index (χ4v) is 3.76. The van der Waals surface area contributed by atoms with Gasteiger partial charge in [0.1, 0.15) is 11.8 Å². The zero-order chi connectivity index (χ0) is 17.9. The molecule has 4 rings (SSSR count). The lowest BCUT2D eigenvalue weighted by atomic mass is 10.0. The van der Waals surface area contributed by atoms with Gasteiger partial charge in [0.15, 0.2) is 0 Å². The summed E-state index contributed by atoms with van der Waals surface area (Å²) in [5.74, 6) is 0.814. The standard InChI is InChI=1S/C20H22ClN3O2/c21-16-7-5-15(6-8-16)17-14-18(19-4-3-13-26-19)24(22-17)20(25)9-12-23-10-1-2-11-23/h3-8,13,18H,1-2,9-12,14H2/t18-/m0/s1. The van der Waals surface area contributed by atoms with Crippen molar-refractivity contribution in [2.24, 2.45) is 5.10 Å². The van der Waals surface area contributed by atoms with Gasteiger partial charge < -0.3 is 9.32 Å². The number of benzene rings is 1. The highest BCUT2D eigenvalue weighted by atomic mass is 35.5. The van der Waals surface area contributed by atoms with Crippen LogP contribution in [0.5, 0.6) is 0 Å². The average Bonchev–Trinajstić information content (AvgIpc) is 3.41. The monoisotopic (exact) mass is 371 g/mol. The Kier molecular flexibility index (Phi) is 5.09. The van der Waals surface area contributed by atoms with Crippen molar-refractivity contribution in [2.45, 2.75) is 31.7 Å². The molecule has 0 saturated carbocycles. The Balaban J connectivity index is 1.53. The molecule has 1 fully saturated rings. The molecule has 5 nitrogen and oxygen atoms in total. The molecule has 1 saturated heterocycles. The van der Waals surface area contributed by atoms with E-state index in [-0.39, 0.29) is 11.9 Å². The van der Waals surface area contributed by atoms with Gasteiger partial charge in [-0.2, -0.15) is 5.10 Å². The van der Waals surface area contributed by atoms with Gasteiger partial charge in [-0.1, -0.05) is 23.7 Å². The maximum Gasteiger partial charge on any atom is 0.244 e. The van der Waals surface area contributed by atoms with Gasteiger partial charge >= 0.3 is 0 Å². The summed E-state index contributed by atoms with van der Waals surface area (Å²) in [5, 5.41) is 6.95. The highest BCUT2D eigenvalue weighted by Gasteiger charge is 2.34. The number of hydrazone groups is 1. The number of hydrogen-bond acceptors (Lipinski definition) is 4. The molecule has 2 aromatic rings. The summed E-state index contributed by atoms with van der Waals surface area (Å²) in [4.78, 5) is 15.2. The number of nitrogens with zero attached hydrogens (tertiary/aromatic N) is 3. The van der Waals surface area contributed by atoms with Crippen molar-refractivity contribution < 1.29 is 9.21 Å². The molecule has 0 N–H and O–H groups in total. The van der Waals surface area contributed by atoms with Crippen LogP contribution in [0.4, 0.5) is 0 Å². The van der Waals surface area contributed by atoms with E-state index in [0.29, 0.717) is 17.9 Å². The Hall–Kier alpha value is -2.11. The summed E-state index contributed by atoms with van der Waals surface area (Å²) in [7, 11) is 0. The maximum atomic E-state index is 12.9. The number of hydrogen-bond donors (Lipinski definition) is 0. The van der Waals surface area contributed by atoms with E-state index in [1.807, 2.05) is 36.4 Å². The number of carbonyl (C=O) groups is 1. The smallest absolute Gasteiger partial charge is 0.244 e. The molecular formula is C20H22ClN3O2. The second-order valence-corrected chi connectivity index (χ2v) is 7.26. The summed E-state index contributed by atoms with van der Waals surface area (Å²) in [6.45, 7) is 2.98. The van der Waals surface area contributed by atoms with Crippen LogP contribution >= 0.6 is 11.6 Å². The minimum Gasteiger partial charge on any atom is -0.467 e. The Morgan fingerprint density at radius 2 is 1.96 bits per heavy atom. The molecule has 0 radical (unpaired) electrons. The largest absolute Gasteiger partial charge is 0.467 e. The second kappa shape index (κ2) is 7.64. The fraction of sp³-hybridized carbons (Fsp3) is 0.400. The summed E-state index contributed by atoms with van der Waals surface area (Å²) in [6, 6.07) is 11.2. The van der Waals surface area contributed by atoms with Crippen LogP contribution in [-0.2, 0) is 4.79 Å². The molecule has 0 unspecified atom stereocenters. The van der Waals surface area contributed by atoms with E-state index in [4.69, 9.17) is 16.0 Å². The Morgan fingerprint density at radius 3 is 2.65 bits per heavy atom. The zero-order valence-corrected chi connectivity index (χ0v) is 15.4. The molecular weight excluding hydrogens is 350 g/mol. The van der Waals surface area contributed by atoms with Gasteiger partial charge in [-0.05, 0) is 55.8 Å². The van der Waals surface area contributed by atoms with E-state index in [0.717, 1.165) is 36.7 Å². The van der Waals surface area contributed by atoms with E-state index in [1.54, 1.807) is 11.3 Å². The molecule has 136 valence electrons. The third-order valence-electron chi connectivity index (χ3n) is 5.06. The number of likely N-dealkylation sites (tertiary alicyclic amines) is 1. The van der Waals surface area contributed by atoms with Crippen molar-refractivity contribution in [3.05, 3.63) is 59.0 Å². The minimum absolute atomic E-state index is 0.0438. The summed E-state index contributed by atoms with van der Waals surface area (Å²) in [5.41, 5.74) is 1.87. The molecule has 2 aliphatic heterocycles. The van der Waals surface area contributed by atoms with Crippen LogP contribution in [0.3, 0.4) is 0 Å². The SMILES string of the molecule is O=C(CCN1CCCC1)N1N=C(c2ccc(Cl)cc2)C[C@H]1c1ccco1. The lowest BCUT2D eigenvalue weighted by Gasteiger charge is -2.21. The fourth-order valence-electron chi connectivity index (χ4n) is 3.63. The third kappa shape index (κ3) is 3.69. The first-order valence-electron chi connectivity index (χ1n) is 9.12. The van der Waals surface area contributed by atoms with Crippen LogP contribution in [0.2, 0.25) is 5.02 Å². The quantitative estimate of drug-likeness (QED) is 0.795. The molecule has 0 bridgehead atoms. The van der Waals surface area contributed by atoms with Gasteiger partial charge in [-0.25, -0.2) is 5.01 Å². The van der Waals surface area contributed by atoms with Gasteiger partial charge in [0.25, 0.3) is 0 Å². The predicted octanol–water partition coefficient (Wildman–Crippen LogP) is 4.10. The predicted molar refractivity (Wildman–Crippen MR) is 101 cm³/mol. The van der Waals surface area contributed by atoms with E-state index in [1.165, 1.54) is 12.8 Å². The van der Waals surface area contributed by atoms with Gasteiger partial charge in [0.05, 0.1) is 12.0 Å². The average molecular weight is 372 g/mol. The van der Waals surface area contributed by atoms with E-state index < -0.39 is 0 Å². The van der Waals surface area contributed by atoms with Gasteiger partial charge in [-0.3, -0.25) is 4.79 Å². The molecule has 1 amide bonds. The summed E-state index contributed by atoms with van der Waals surface area (Å²) < 4.78 is 5.58. The lowest BCUT2D eigenvalue weighted by Crippen LogP contribution is -2.31. The number of furan rings is 1. The van der Waals surface area contributed by atoms with Crippen LogP contribution in [0.15, 0.2) is 52.2 Å². The molecule has 1 aromatic carbocycles. The number of rotatable bonds is 5. The van der Waals surface area contributed by atoms with E-state index >= 15 is 0 Å².